The number of aromatic nitrogens is 2. The highest BCUT2D eigenvalue weighted by molar-refractivity contribution is 5.76. The molecule has 0 fully saturated rings. The van der Waals surface area contributed by atoms with Crippen molar-refractivity contribution in [3.63, 3.8) is 0 Å². The van der Waals surface area contributed by atoms with Crippen molar-refractivity contribution in [1.29, 1.82) is 0 Å². The van der Waals surface area contributed by atoms with Gasteiger partial charge in [-0.3, -0.25) is 4.79 Å². The van der Waals surface area contributed by atoms with Gasteiger partial charge in [-0.1, -0.05) is 29.4 Å². The smallest absolute Gasteiger partial charge is 0.246 e. The van der Waals surface area contributed by atoms with Crippen LogP contribution < -0.4 is 14.8 Å². The van der Waals surface area contributed by atoms with E-state index in [0.29, 0.717) is 30.3 Å². The highest BCUT2D eigenvalue weighted by Gasteiger charge is 2.11. The molecule has 0 bridgehead atoms. The van der Waals surface area contributed by atoms with Crippen LogP contribution >= 0.6 is 0 Å². The van der Waals surface area contributed by atoms with E-state index in [0.717, 1.165) is 16.9 Å². The number of hydrogen-bond acceptors (Lipinski definition) is 6. The fraction of sp³-hybridized carbons (Fsp3) is 0.250. The van der Waals surface area contributed by atoms with E-state index in [1.165, 1.54) is 0 Å². The van der Waals surface area contributed by atoms with Gasteiger partial charge in [-0.05, 0) is 36.2 Å². The Morgan fingerprint density at radius 1 is 1.07 bits per heavy atom. The van der Waals surface area contributed by atoms with Crippen molar-refractivity contribution >= 4 is 5.91 Å². The molecular weight excluding hydrogens is 346 g/mol. The van der Waals surface area contributed by atoms with Crippen LogP contribution in [-0.4, -0.2) is 30.3 Å². The molecule has 1 N–H and O–H groups in total. The van der Waals surface area contributed by atoms with Gasteiger partial charge < -0.3 is 19.3 Å². The zero-order valence-corrected chi connectivity index (χ0v) is 15.3. The van der Waals surface area contributed by atoms with Gasteiger partial charge >= 0.3 is 0 Å². The average molecular weight is 367 g/mol. The van der Waals surface area contributed by atoms with E-state index >= 15 is 0 Å². The van der Waals surface area contributed by atoms with Gasteiger partial charge in [0.2, 0.25) is 17.6 Å². The predicted octanol–water partition coefficient (Wildman–Crippen LogP) is 3.00. The first-order valence-electron chi connectivity index (χ1n) is 8.54. The average Bonchev–Trinajstić information content (AvgIpc) is 3.20. The Kier molecular flexibility index (Phi) is 6.04. The molecule has 3 aromatic rings. The highest BCUT2D eigenvalue weighted by atomic mass is 16.5. The first-order valence-corrected chi connectivity index (χ1v) is 8.54. The van der Waals surface area contributed by atoms with Crippen LogP contribution in [0.15, 0.2) is 53.1 Å². The summed E-state index contributed by atoms with van der Waals surface area (Å²) in [4.78, 5) is 16.3. The van der Waals surface area contributed by atoms with Gasteiger partial charge in [-0.2, -0.15) is 4.98 Å². The number of rotatable bonds is 8. The largest absolute Gasteiger partial charge is 0.497 e. The minimum atomic E-state index is -0.0769. The molecule has 0 unspecified atom stereocenters. The zero-order chi connectivity index (χ0) is 19.1. The Morgan fingerprint density at radius 2 is 1.85 bits per heavy atom. The molecule has 0 spiro atoms. The molecule has 3 rings (SSSR count). The van der Waals surface area contributed by atoms with Crippen molar-refractivity contribution in [3.8, 4) is 22.9 Å². The van der Waals surface area contributed by atoms with Crippen LogP contribution in [0.4, 0.5) is 0 Å². The van der Waals surface area contributed by atoms with Crippen LogP contribution in [0.1, 0.15) is 17.9 Å². The summed E-state index contributed by atoms with van der Waals surface area (Å²) < 4.78 is 15.5. The van der Waals surface area contributed by atoms with E-state index in [1.807, 2.05) is 48.5 Å². The van der Waals surface area contributed by atoms with Crippen LogP contribution in [-0.2, 0) is 17.8 Å². The van der Waals surface area contributed by atoms with Crippen LogP contribution in [0, 0.1) is 0 Å². The topological polar surface area (TPSA) is 86.5 Å². The van der Waals surface area contributed by atoms with E-state index in [-0.39, 0.29) is 12.5 Å². The maximum absolute atomic E-state index is 12.0. The summed E-state index contributed by atoms with van der Waals surface area (Å²) in [5.41, 5.74) is 1.86. The number of nitrogens with zero attached hydrogens (tertiary/aromatic N) is 2. The SMILES string of the molecule is COc1ccc(CCC(=O)NCc2nc(-c3cccc(OC)c3)no2)cc1. The third-order valence-electron chi connectivity index (χ3n) is 4.03. The lowest BCUT2D eigenvalue weighted by molar-refractivity contribution is -0.121. The number of methoxy groups -OCH3 is 2. The van der Waals surface area contributed by atoms with E-state index in [1.54, 1.807) is 14.2 Å². The summed E-state index contributed by atoms with van der Waals surface area (Å²) in [7, 11) is 3.22. The van der Waals surface area contributed by atoms with Crippen molar-refractivity contribution in [2.45, 2.75) is 19.4 Å². The van der Waals surface area contributed by atoms with Gasteiger partial charge in [0.05, 0.1) is 20.8 Å². The van der Waals surface area contributed by atoms with Crippen LogP contribution in [0.2, 0.25) is 0 Å². The number of ether oxygens (including phenoxy) is 2. The predicted molar refractivity (Wildman–Crippen MR) is 99.4 cm³/mol. The van der Waals surface area contributed by atoms with Crippen LogP contribution in [0.25, 0.3) is 11.4 Å². The summed E-state index contributed by atoms with van der Waals surface area (Å²) >= 11 is 0. The number of carbonyl (C=O) groups excluding carboxylic acids is 1. The molecule has 0 aliphatic heterocycles. The minimum Gasteiger partial charge on any atom is -0.497 e. The lowest BCUT2D eigenvalue weighted by Gasteiger charge is -2.04. The van der Waals surface area contributed by atoms with E-state index < -0.39 is 0 Å². The second kappa shape index (κ2) is 8.84. The molecule has 2 aromatic carbocycles. The fourth-order valence-corrected chi connectivity index (χ4v) is 2.52. The molecule has 7 heteroatoms. The second-order valence-corrected chi connectivity index (χ2v) is 5.87. The molecule has 7 nitrogen and oxygen atoms in total. The summed E-state index contributed by atoms with van der Waals surface area (Å²) in [6.07, 6.45) is 1.03. The standard InChI is InChI=1S/C20H21N3O4/c1-25-16-9-6-14(7-10-16)8-11-18(24)21-13-19-22-20(23-27-19)15-4-3-5-17(12-15)26-2/h3-7,9-10,12H,8,11,13H2,1-2H3,(H,21,24). The molecule has 1 heterocycles. The van der Waals surface area contributed by atoms with Gasteiger partial charge in [0.15, 0.2) is 0 Å². The third kappa shape index (κ3) is 5.07. The van der Waals surface area contributed by atoms with E-state index in [2.05, 4.69) is 15.5 Å². The summed E-state index contributed by atoms with van der Waals surface area (Å²) in [5, 5.41) is 6.74. The first-order chi connectivity index (χ1) is 13.2. The zero-order valence-electron chi connectivity index (χ0n) is 15.3. The maximum Gasteiger partial charge on any atom is 0.246 e. The normalized spacial score (nSPS) is 10.4. The first kappa shape index (κ1) is 18.4. The van der Waals surface area contributed by atoms with Gasteiger partial charge in [0.25, 0.3) is 0 Å². The van der Waals surface area contributed by atoms with Gasteiger partial charge in [0, 0.05) is 12.0 Å². The molecular formula is C20H21N3O4. The quantitative estimate of drug-likeness (QED) is 0.659. The monoisotopic (exact) mass is 367 g/mol. The number of carbonyl (C=O) groups is 1. The summed E-state index contributed by atoms with van der Waals surface area (Å²) in [5.74, 6) is 2.24. The molecule has 0 radical (unpaired) electrons. The van der Waals surface area contributed by atoms with Gasteiger partial charge in [0.1, 0.15) is 11.5 Å². The lowest BCUT2D eigenvalue weighted by atomic mass is 10.1. The molecule has 140 valence electrons. The van der Waals surface area contributed by atoms with Crippen LogP contribution in [0.5, 0.6) is 11.5 Å². The highest BCUT2D eigenvalue weighted by Crippen LogP contribution is 2.21. The van der Waals surface area contributed by atoms with Crippen molar-refractivity contribution in [2.24, 2.45) is 0 Å². The molecule has 1 amide bonds. The Hall–Kier alpha value is -3.35. The molecule has 0 saturated heterocycles. The number of hydrogen-bond donors (Lipinski definition) is 1. The van der Waals surface area contributed by atoms with Gasteiger partial charge in [-0.25, -0.2) is 0 Å². The molecule has 0 aliphatic carbocycles. The third-order valence-corrected chi connectivity index (χ3v) is 4.03. The number of nitrogens with one attached hydrogen (secondary N) is 1. The summed E-state index contributed by atoms with van der Waals surface area (Å²) in [6.45, 7) is 0.193. The van der Waals surface area contributed by atoms with E-state index in [4.69, 9.17) is 14.0 Å². The van der Waals surface area contributed by atoms with Crippen molar-refractivity contribution in [3.05, 3.63) is 60.0 Å². The Morgan fingerprint density at radius 3 is 2.59 bits per heavy atom. The van der Waals surface area contributed by atoms with E-state index in [9.17, 15) is 4.79 Å². The molecule has 0 aliphatic rings. The summed E-state index contributed by atoms with van der Waals surface area (Å²) in [6, 6.07) is 15.0. The lowest BCUT2D eigenvalue weighted by Crippen LogP contribution is -2.23. The Bertz CT molecular complexity index is 890. The minimum absolute atomic E-state index is 0.0769. The molecule has 1 aromatic heterocycles. The number of aryl methyl sites for hydroxylation is 1. The molecule has 0 atom stereocenters. The van der Waals surface area contributed by atoms with Crippen molar-refractivity contribution in [1.82, 2.24) is 15.5 Å². The Balaban J connectivity index is 1.49. The Labute approximate surface area is 157 Å². The van der Waals surface area contributed by atoms with Gasteiger partial charge in [-0.15, -0.1) is 0 Å². The molecule has 0 saturated carbocycles. The maximum atomic E-state index is 12.0. The van der Waals surface area contributed by atoms with Crippen molar-refractivity contribution in [2.75, 3.05) is 14.2 Å². The number of amides is 1. The second-order valence-electron chi connectivity index (χ2n) is 5.87. The number of benzene rings is 2. The van der Waals surface area contributed by atoms with Crippen LogP contribution in [0.3, 0.4) is 0 Å². The fourth-order valence-electron chi connectivity index (χ4n) is 2.52. The van der Waals surface area contributed by atoms with Crippen molar-refractivity contribution < 1.29 is 18.8 Å². The molecule has 27 heavy (non-hydrogen) atoms.